The molecule has 0 saturated carbocycles. The van der Waals surface area contributed by atoms with Gasteiger partial charge >= 0.3 is 5.97 Å². The Bertz CT molecular complexity index is 561. The van der Waals surface area contributed by atoms with Crippen LogP contribution in [0.15, 0.2) is 42.7 Å². The molecule has 0 aliphatic heterocycles. The van der Waals surface area contributed by atoms with E-state index >= 15 is 0 Å². The van der Waals surface area contributed by atoms with Crippen LogP contribution in [0.5, 0.6) is 0 Å². The second kappa shape index (κ2) is 7.94. The molecule has 1 aromatic heterocycles. The van der Waals surface area contributed by atoms with Crippen molar-refractivity contribution in [2.45, 2.75) is 12.8 Å². The van der Waals surface area contributed by atoms with Gasteiger partial charge in [-0.15, -0.1) is 0 Å². The molecule has 5 nitrogen and oxygen atoms in total. The lowest BCUT2D eigenvalue weighted by Crippen LogP contribution is -2.15. The minimum atomic E-state index is -0.282. The minimum absolute atomic E-state index is 0.251. The van der Waals surface area contributed by atoms with E-state index in [1.54, 1.807) is 30.6 Å². The minimum Gasteiger partial charge on any atom is -0.464 e. The summed E-state index contributed by atoms with van der Waals surface area (Å²) in [6.07, 6.45) is 4.07. The van der Waals surface area contributed by atoms with Crippen molar-refractivity contribution < 1.29 is 13.9 Å². The van der Waals surface area contributed by atoms with Crippen LogP contribution < -0.4 is 5.32 Å². The number of carbonyl (C=O) groups excluding carboxylic acids is 1. The first-order chi connectivity index (χ1) is 10.2. The average Bonchev–Trinajstić information content (AvgIpc) is 2.52. The molecule has 0 amide bonds. The maximum absolute atomic E-state index is 12.7. The fourth-order valence-corrected chi connectivity index (χ4v) is 1.69. The number of hydrogen-bond acceptors (Lipinski definition) is 5. The molecule has 1 N–H and O–H groups in total. The molecule has 0 saturated heterocycles. The summed E-state index contributed by atoms with van der Waals surface area (Å²) in [5.74, 6) is -0.0644. The van der Waals surface area contributed by atoms with Crippen LogP contribution in [-0.2, 0) is 16.0 Å². The van der Waals surface area contributed by atoms with Gasteiger partial charge in [-0.3, -0.25) is 4.79 Å². The lowest BCUT2D eigenvalue weighted by atomic mass is 10.1. The Morgan fingerprint density at radius 1 is 1.19 bits per heavy atom. The molecule has 2 aromatic rings. The van der Waals surface area contributed by atoms with Gasteiger partial charge in [-0.2, -0.15) is 0 Å². The largest absolute Gasteiger partial charge is 0.464 e. The molecule has 0 aliphatic rings. The molecular weight excluding hydrogens is 273 g/mol. The number of nitrogens with one attached hydrogen (secondary N) is 1. The predicted octanol–water partition coefficient (Wildman–Crippen LogP) is 2.20. The highest BCUT2D eigenvalue weighted by Crippen LogP contribution is 2.06. The molecule has 0 fully saturated rings. The monoisotopic (exact) mass is 289 g/mol. The van der Waals surface area contributed by atoms with Crippen LogP contribution in [0.1, 0.15) is 12.0 Å². The van der Waals surface area contributed by atoms with Crippen LogP contribution in [0, 0.1) is 5.82 Å². The topological polar surface area (TPSA) is 64.1 Å². The summed E-state index contributed by atoms with van der Waals surface area (Å²) >= 11 is 0. The number of rotatable bonds is 7. The van der Waals surface area contributed by atoms with Crippen molar-refractivity contribution >= 4 is 11.9 Å². The number of carbonyl (C=O) groups is 1. The van der Waals surface area contributed by atoms with Crippen molar-refractivity contribution in [3.05, 3.63) is 54.1 Å². The molecule has 1 heterocycles. The van der Waals surface area contributed by atoms with E-state index in [2.05, 4.69) is 15.3 Å². The Morgan fingerprint density at radius 3 is 2.62 bits per heavy atom. The normalized spacial score (nSPS) is 10.1. The van der Waals surface area contributed by atoms with Crippen LogP contribution >= 0.6 is 0 Å². The Labute approximate surface area is 122 Å². The van der Waals surface area contributed by atoms with Gasteiger partial charge in [0, 0.05) is 18.8 Å². The van der Waals surface area contributed by atoms with Gasteiger partial charge in [0.2, 0.25) is 5.95 Å². The van der Waals surface area contributed by atoms with Gasteiger partial charge in [0.1, 0.15) is 12.4 Å². The molecule has 0 spiro atoms. The van der Waals surface area contributed by atoms with E-state index in [4.69, 9.17) is 4.74 Å². The summed E-state index contributed by atoms with van der Waals surface area (Å²) in [6.45, 7) is 0.701. The SMILES string of the molecule is O=C(CCc1ccc(F)cc1)OCCNc1ncccn1. The highest BCUT2D eigenvalue weighted by molar-refractivity contribution is 5.69. The number of benzene rings is 1. The molecule has 6 heteroatoms. The van der Waals surface area contributed by atoms with Crippen LogP contribution in [-0.4, -0.2) is 29.1 Å². The van der Waals surface area contributed by atoms with Crippen molar-refractivity contribution in [1.29, 1.82) is 0 Å². The van der Waals surface area contributed by atoms with Gasteiger partial charge in [0.15, 0.2) is 0 Å². The highest BCUT2D eigenvalue weighted by Gasteiger charge is 2.04. The van der Waals surface area contributed by atoms with Crippen LogP contribution in [0.3, 0.4) is 0 Å². The number of esters is 1. The van der Waals surface area contributed by atoms with Gasteiger partial charge in [0.25, 0.3) is 0 Å². The standard InChI is InChI=1S/C15H16FN3O2/c16-13-5-2-12(3-6-13)4-7-14(20)21-11-10-19-15-17-8-1-9-18-15/h1-3,5-6,8-9H,4,7,10-11H2,(H,17,18,19). The number of aromatic nitrogens is 2. The number of hydrogen-bond donors (Lipinski definition) is 1. The lowest BCUT2D eigenvalue weighted by Gasteiger charge is -2.06. The van der Waals surface area contributed by atoms with Gasteiger partial charge in [-0.25, -0.2) is 14.4 Å². The van der Waals surface area contributed by atoms with Gasteiger partial charge in [0.05, 0.1) is 6.54 Å². The predicted molar refractivity (Wildman–Crippen MR) is 76.2 cm³/mol. The van der Waals surface area contributed by atoms with Crippen LogP contribution in [0.25, 0.3) is 0 Å². The fourth-order valence-electron chi connectivity index (χ4n) is 1.69. The number of halogens is 1. The maximum atomic E-state index is 12.7. The third-order valence-electron chi connectivity index (χ3n) is 2.75. The first kappa shape index (κ1) is 14.9. The average molecular weight is 289 g/mol. The fraction of sp³-hybridized carbons (Fsp3) is 0.267. The van der Waals surface area contributed by atoms with Gasteiger partial charge in [-0.05, 0) is 30.2 Å². The molecule has 0 unspecified atom stereocenters. The summed E-state index contributed by atoms with van der Waals surface area (Å²) < 4.78 is 17.8. The summed E-state index contributed by atoms with van der Waals surface area (Å²) in [7, 11) is 0. The second-order valence-electron chi connectivity index (χ2n) is 4.35. The zero-order chi connectivity index (χ0) is 14.9. The Morgan fingerprint density at radius 2 is 1.90 bits per heavy atom. The van der Waals surface area contributed by atoms with Crippen LogP contribution in [0.4, 0.5) is 10.3 Å². The highest BCUT2D eigenvalue weighted by atomic mass is 19.1. The lowest BCUT2D eigenvalue weighted by molar-refractivity contribution is -0.143. The quantitative estimate of drug-likeness (QED) is 0.625. The van der Waals surface area contributed by atoms with Crippen molar-refractivity contribution in [1.82, 2.24) is 9.97 Å². The molecule has 2 rings (SSSR count). The first-order valence-electron chi connectivity index (χ1n) is 6.65. The van der Waals surface area contributed by atoms with E-state index in [-0.39, 0.29) is 24.8 Å². The summed E-state index contributed by atoms with van der Waals surface area (Å²) in [4.78, 5) is 19.5. The molecule has 0 radical (unpaired) electrons. The van der Waals surface area contributed by atoms with Crippen molar-refractivity contribution in [2.24, 2.45) is 0 Å². The number of nitrogens with zero attached hydrogens (tertiary/aromatic N) is 2. The number of aryl methyl sites for hydroxylation is 1. The van der Waals surface area contributed by atoms with E-state index in [1.807, 2.05) is 0 Å². The molecule has 0 atom stereocenters. The third kappa shape index (κ3) is 5.56. The van der Waals surface area contributed by atoms with E-state index < -0.39 is 0 Å². The third-order valence-corrected chi connectivity index (χ3v) is 2.75. The molecule has 21 heavy (non-hydrogen) atoms. The van der Waals surface area contributed by atoms with Crippen molar-refractivity contribution in [2.75, 3.05) is 18.5 Å². The van der Waals surface area contributed by atoms with E-state index in [1.165, 1.54) is 12.1 Å². The van der Waals surface area contributed by atoms with E-state index in [0.717, 1.165) is 5.56 Å². The van der Waals surface area contributed by atoms with E-state index in [0.29, 0.717) is 18.9 Å². The molecule has 0 aliphatic carbocycles. The van der Waals surface area contributed by atoms with E-state index in [9.17, 15) is 9.18 Å². The van der Waals surface area contributed by atoms with Crippen LogP contribution in [0.2, 0.25) is 0 Å². The maximum Gasteiger partial charge on any atom is 0.306 e. The van der Waals surface area contributed by atoms with Crippen molar-refractivity contribution in [3.63, 3.8) is 0 Å². The van der Waals surface area contributed by atoms with Crippen molar-refractivity contribution in [3.8, 4) is 0 Å². The first-order valence-corrected chi connectivity index (χ1v) is 6.65. The second-order valence-corrected chi connectivity index (χ2v) is 4.35. The van der Waals surface area contributed by atoms with Gasteiger partial charge < -0.3 is 10.1 Å². The number of ether oxygens (including phenoxy) is 1. The zero-order valence-electron chi connectivity index (χ0n) is 11.5. The molecule has 1 aromatic carbocycles. The summed E-state index contributed by atoms with van der Waals surface area (Å²) in [5, 5.41) is 2.94. The zero-order valence-corrected chi connectivity index (χ0v) is 11.5. The smallest absolute Gasteiger partial charge is 0.306 e. The van der Waals surface area contributed by atoms with Gasteiger partial charge in [-0.1, -0.05) is 12.1 Å². The summed E-state index contributed by atoms with van der Waals surface area (Å²) in [6, 6.07) is 7.81. The Hall–Kier alpha value is -2.50. The Balaban J connectivity index is 1.60. The molecule has 110 valence electrons. The number of anilines is 1. The molecule has 0 bridgehead atoms. The summed E-state index contributed by atoms with van der Waals surface area (Å²) in [5.41, 5.74) is 0.907. The Kier molecular flexibility index (Phi) is 5.63. The molecular formula is C15H16FN3O2.